The average molecular weight is 485 g/mol. The Balaban J connectivity index is 1.57. The molecule has 3 aromatic rings. The Morgan fingerprint density at radius 3 is 2.32 bits per heavy atom. The lowest BCUT2D eigenvalue weighted by Gasteiger charge is -2.08. The van der Waals surface area contributed by atoms with Crippen molar-refractivity contribution in [1.29, 1.82) is 0 Å². The molecule has 1 aromatic heterocycles. The van der Waals surface area contributed by atoms with Crippen LogP contribution in [0.25, 0.3) is 5.69 Å². The van der Waals surface area contributed by atoms with E-state index < -0.39 is 15.8 Å². The number of methoxy groups -OCH3 is 1. The molecule has 0 radical (unpaired) electrons. The molecule has 0 aliphatic rings. The van der Waals surface area contributed by atoms with Crippen molar-refractivity contribution in [3.05, 3.63) is 77.1 Å². The maximum Gasteiger partial charge on any atom is 0.338 e. The summed E-state index contributed by atoms with van der Waals surface area (Å²) >= 11 is 0. The standard InChI is InChI=1S/C25H28N2O6S/c1-18-23(14-15-24(28)32-3)19(2)27(26-18)21-12-10-20(11-13-21)25(29)33-16-7-17-34(30,31)22-8-5-4-6-9-22/h4-6,8-13H,7,14-17H2,1-3H3. The van der Waals surface area contributed by atoms with Crippen LogP contribution in [0, 0.1) is 13.8 Å². The van der Waals surface area contributed by atoms with Crippen LogP contribution in [-0.2, 0) is 30.5 Å². The van der Waals surface area contributed by atoms with Gasteiger partial charge < -0.3 is 9.47 Å². The van der Waals surface area contributed by atoms with Crippen LogP contribution in [0.2, 0.25) is 0 Å². The fraction of sp³-hybridized carbons (Fsp3) is 0.320. The molecule has 8 nitrogen and oxygen atoms in total. The van der Waals surface area contributed by atoms with E-state index >= 15 is 0 Å². The van der Waals surface area contributed by atoms with Crippen molar-refractivity contribution in [1.82, 2.24) is 9.78 Å². The zero-order chi connectivity index (χ0) is 24.7. The van der Waals surface area contributed by atoms with Gasteiger partial charge in [-0.3, -0.25) is 4.79 Å². The molecule has 0 aliphatic carbocycles. The predicted octanol–water partition coefficient (Wildman–Crippen LogP) is 3.62. The summed E-state index contributed by atoms with van der Waals surface area (Å²) in [5, 5.41) is 4.56. The third kappa shape index (κ3) is 6.11. The molecule has 0 saturated heterocycles. The fourth-order valence-corrected chi connectivity index (χ4v) is 4.90. The van der Waals surface area contributed by atoms with E-state index in [1.807, 2.05) is 13.8 Å². The van der Waals surface area contributed by atoms with Gasteiger partial charge in [0.05, 0.1) is 41.3 Å². The molecule has 0 unspecified atom stereocenters. The summed E-state index contributed by atoms with van der Waals surface area (Å²) in [5.74, 6) is -0.887. The van der Waals surface area contributed by atoms with Gasteiger partial charge in [-0.1, -0.05) is 18.2 Å². The minimum Gasteiger partial charge on any atom is -0.469 e. The summed E-state index contributed by atoms with van der Waals surface area (Å²) in [4.78, 5) is 24.1. The molecule has 0 amide bonds. The van der Waals surface area contributed by atoms with Crippen molar-refractivity contribution in [3.63, 3.8) is 0 Å². The van der Waals surface area contributed by atoms with Crippen molar-refractivity contribution in [2.24, 2.45) is 0 Å². The Labute approximate surface area is 199 Å². The number of ether oxygens (including phenoxy) is 2. The number of carbonyl (C=O) groups is 2. The molecule has 180 valence electrons. The molecule has 3 rings (SSSR count). The molecule has 9 heteroatoms. The van der Waals surface area contributed by atoms with Crippen LogP contribution < -0.4 is 0 Å². The highest BCUT2D eigenvalue weighted by atomic mass is 32.2. The molecule has 0 fully saturated rings. The van der Waals surface area contributed by atoms with E-state index in [-0.39, 0.29) is 36.1 Å². The molecular formula is C25H28N2O6S. The van der Waals surface area contributed by atoms with E-state index in [4.69, 9.17) is 9.47 Å². The van der Waals surface area contributed by atoms with Gasteiger partial charge in [-0.25, -0.2) is 17.9 Å². The largest absolute Gasteiger partial charge is 0.469 e. The summed E-state index contributed by atoms with van der Waals surface area (Å²) in [5.41, 5.74) is 3.86. The van der Waals surface area contributed by atoms with Crippen molar-refractivity contribution >= 4 is 21.8 Å². The van der Waals surface area contributed by atoms with Gasteiger partial charge >= 0.3 is 11.9 Å². The lowest BCUT2D eigenvalue weighted by atomic mass is 10.1. The smallest absolute Gasteiger partial charge is 0.338 e. The Hall–Kier alpha value is -3.46. The minimum atomic E-state index is -3.40. The number of hydrogen-bond donors (Lipinski definition) is 0. The quantitative estimate of drug-likeness (QED) is 0.320. The fourth-order valence-electron chi connectivity index (χ4n) is 3.60. The van der Waals surface area contributed by atoms with E-state index in [2.05, 4.69) is 5.10 Å². The maximum absolute atomic E-state index is 12.4. The average Bonchev–Trinajstić information content (AvgIpc) is 3.13. The Morgan fingerprint density at radius 2 is 1.68 bits per heavy atom. The number of carbonyl (C=O) groups excluding carboxylic acids is 2. The third-order valence-corrected chi connectivity index (χ3v) is 7.30. The van der Waals surface area contributed by atoms with Gasteiger partial charge in [0, 0.05) is 12.1 Å². The third-order valence-electron chi connectivity index (χ3n) is 5.49. The molecule has 1 heterocycles. The number of benzene rings is 2. The second-order valence-electron chi connectivity index (χ2n) is 7.81. The van der Waals surface area contributed by atoms with E-state index in [0.717, 1.165) is 22.6 Å². The number of esters is 2. The lowest BCUT2D eigenvalue weighted by Crippen LogP contribution is -2.12. The first-order chi connectivity index (χ1) is 16.2. The van der Waals surface area contributed by atoms with Gasteiger partial charge in [0.1, 0.15) is 0 Å². The van der Waals surface area contributed by atoms with Crippen LogP contribution in [0.4, 0.5) is 0 Å². The normalized spacial score (nSPS) is 11.3. The van der Waals surface area contributed by atoms with Gasteiger partial charge in [-0.15, -0.1) is 0 Å². The Kier molecular flexibility index (Phi) is 8.22. The summed E-state index contributed by atoms with van der Waals surface area (Å²) in [6.07, 6.45) is 1.03. The first-order valence-electron chi connectivity index (χ1n) is 10.9. The maximum atomic E-state index is 12.4. The van der Waals surface area contributed by atoms with E-state index in [1.165, 1.54) is 7.11 Å². The van der Waals surface area contributed by atoms with Crippen molar-refractivity contribution in [2.45, 2.75) is 38.0 Å². The summed E-state index contributed by atoms with van der Waals surface area (Å²) in [6.45, 7) is 3.83. The molecular weight excluding hydrogens is 456 g/mol. The van der Waals surface area contributed by atoms with Crippen molar-refractivity contribution < 1.29 is 27.5 Å². The SMILES string of the molecule is COC(=O)CCc1c(C)nn(-c2ccc(C(=O)OCCCS(=O)(=O)c3ccccc3)cc2)c1C. The van der Waals surface area contributed by atoms with Crippen molar-refractivity contribution in [2.75, 3.05) is 19.5 Å². The van der Waals surface area contributed by atoms with E-state index in [9.17, 15) is 18.0 Å². The predicted molar refractivity (Wildman–Crippen MR) is 127 cm³/mol. The van der Waals surface area contributed by atoms with Crippen LogP contribution in [-0.4, -0.2) is 49.6 Å². The molecule has 0 aliphatic heterocycles. The number of aryl methyl sites for hydroxylation is 1. The van der Waals surface area contributed by atoms with Crippen LogP contribution >= 0.6 is 0 Å². The van der Waals surface area contributed by atoms with Gasteiger partial charge in [0.2, 0.25) is 0 Å². The second kappa shape index (κ2) is 11.1. The zero-order valence-electron chi connectivity index (χ0n) is 19.5. The first kappa shape index (κ1) is 25.2. The topological polar surface area (TPSA) is 105 Å². The molecule has 0 atom stereocenters. The van der Waals surface area contributed by atoms with Gasteiger partial charge in [-0.2, -0.15) is 5.10 Å². The number of hydrogen-bond acceptors (Lipinski definition) is 7. The molecule has 34 heavy (non-hydrogen) atoms. The first-order valence-corrected chi connectivity index (χ1v) is 12.6. The van der Waals surface area contributed by atoms with Crippen LogP contribution in [0.3, 0.4) is 0 Å². The highest BCUT2D eigenvalue weighted by Gasteiger charge is 2.16. The van der Waals surface area contributed by atoms with E-state index in [1.54, 1.807) is 59.3 Å². The minimum absolute atomic E-state index is 0.00760. The summed E-state index contributed by atoms with van der Waals surface area (Å²) in [7, 11) is -2.04. The van der Waals surface area contributed by atoms with Gasteiger partial charge in [-0.05, 0) is 68.7 Å². The molecule has 0 N–H and O–H groups in total. The Bertz CT molecular complexity index is 1250. The highest BCUT2D eigenvalue weighted by molar-refractivity contribution is 7.91. The molecule has 0 saturated carbocycles. The van der Waals surface area contributed by atoms with Crippen LogP contribution in [0.15, 0.2) is 59.5 Å². The highest BCUT2D eigenvalue weighted by Crippen LogP contribution is 2.20. The number of aromatic nitrogens is 2. The van der Waals surface area contributed by atoms with E-state index in [0.29, 0.717) is 12.0 Å². The number of nitrogens with zero attached hydrogens (tertiary/aromatic N) is 2. The molecule has 2 aromatic carbocycles. The monoisotopic (exact) mass is 484 g/mol. The van der Waals surface area contributed by atoms with Gasteiger partial charge in [0.15, 0.2) is 9.84 Å². The molecule has 0 spiro atoms. The zero-order valence-corrected chi connectivity index (χ0v) is 20.3. The van der Waals surface area contributed by atoms with Crippen LogP contribution in [0.5, 0.6) is 0 Å². The number of rotatable bonds is 10. The van der Waals surface area contributed by atoms with Crippen molar-refractivity contribution in [3.8, 4) is 5.69 Å². The molecule has 0 bridgehead atoms. The Morgan fingerprint density at radius 1 is 1.00 bits per heavy atom. The second-order valence-corrected chi connectivity index (χ2v) is 9.91. The van der Waals surface area contributed by atoms with Gasteiger partial charge in [0.25, 0.3) is 0 Å². The van der Waals surface area contributed by atoms with Crippen LogP contribution in [0.1, 0.15) is 40.2 Å². The summed E-state index contributed by atoms with van der Waals surface area (Å²) in [6, 6.07) is 15.0. The summed E-state index contributed by atoms with van der Waals surface area (Å²) < 4.78 is 36.3. The lowest BCUT2D eigenvalue weighted by molar-refractivity contribution is -0.140. The number of sulfone groups is 1.